The molecular weight excluding hydrogens is 619 g/mol. The first-order valence-corrected chi connectivity index (χ1v) is 17.3. The van der Waals surface area contributed by atoms with Gasteiger partial charge < -0.3 is 4.57 Å². The van der Waals surface area contributed by atoms with E-state index in [0.29, 0.717) is 0 Å². The first kappa shape index (κ1) is 29.1. The molecule has 51 heavy (non-hydrogen) atoms. The average molecular weight is 650 g/mol. The minimum absolute atomic E-state index is 0.721. The molecule has 3 heteroatoms. The highest BCUT2D eigenvalue weighted by Crippen LogP contribution is 2.39. The number of hydrogen-bond donors (Lipinski definition) is 0. The van der Waals surface area contributed by atoms with Crippen LogP contribution >= 0.6 is 0 Å². The zero-order valence-corrected chi connectivity index (χ0v) is 27.7. The molecular formula is C48H31N3. The molecule has 8 aromatic carbocycles. The van der Waals surface area contributed by atoms with Crippen molar-refractivity contribution in [3.63, 3.8) is 0 Å². The Morgan fingerprint density at radius 3 is 1.65 bits per heavy atom. The van der Waals surface area contributed by atoms with E-state index in [1.807, 2.05) is 30.5 Å². The second-order valence-corrected chi connectivity index (χ2v) is 13.0. The van der Waals surface area contributed by atoms with E-state index in [4.69, 9.17) is 9.97 Å². The van der Waals surface area contributed by atoms with Gasteiger partial charge in [-0.1, -0.05) is 140 Å². The lowest BCUT2D eigenvalue weighted by atomic mass is 9.93. The van der Waals surface area contributed by atoms with E-state index < -0.39 is 0 Å². The van der Waals surface area contributed by atoms with Crippen LogP contribution in [0.3, 0.4) is 0 Å². The van der Waals surface area contributed by atoms with Gasteiger partial charge in [0.25, 0.3) is 0 Å². The molecule has 0 saturated heterocycles. The summed E-state index contributed by atoms with van der Waals surface area (Å²) in [5.41, 5.74) is 12.5. The van der Waals surface area contributed by atoms with Gasteiger partial charge in [-0.25, -0.2) is 9.97 Å². The zero-order chi connectivity index (χ0) is 33.7. The maximum atomic E-state index is 4.94. The zero-order valence-electron chi connectivity index (χ0n) is 27.7. The summed E-state index contributed by atoms with van der Waals surface area (Å²) in [7, 11) is 0. The molecule has 0 unspecified atom stereocenters. The maximum Gasteiger partial charge on any atom is 0.159 e. The van der Waals surface area contributed by atoms with Crippen molar-refractivity contribution in [3.05, 3.63) is 188 Å². The monoisotopic (exact) mass is 649 g/mol. The van der Waals surface area contributed by atoms with Crippen LogP contribution in [0.2, 0.25) is 0 Å². The van der Waals surface area contributed by atoms with Gasteiger partial charge in [0.15, 0.2) is 5.82 Å². The topological polar surface area (TPSA) is 30.7 Å². The van der Waals surface area contributed by atoms with Gasteiger partial charge in [0, 0.05) is 33.3 Å². The third-order valence-electron chi connectivity index (χ3n) is 10.0. The van der Waals surface area contributed by atoms with Gasteiger partial charge >= 0.3 is 0 Å². The van der Waals surface area contributed by atoms with E-state index in [2.05, 4.69) is 162 Å². The number of aromatic nitrogens is 3. The van der Waals surface area contributed by atoms with Crippen LogP contribution in [-0.2, 0) is 0 Å². The van der Waals surface area contributed by atoms with E-state index >= 15 is 0 Å². The predicted octanol–water partition coefficient (Wildman–Crippen LogP) is 12.5. The number of fused-ring (bicyclic) bond motifs is 5. The van der Waals surface area contributed by atoms with Gasteiger partial charge in [0.05, 0.1) is 22.2 Å². The van der Waals surface area contributed by atoms with Crippen molar-refractivity contribution in [1.82, 2.24) is 14.5 Å². The minimum atomic E-state index is 0.721. The molecule has 10 rings (SSSR count). The van der Waals surface area contributed by atoms with Gasteiger partial charge in [0.2, 0.25) is 0 Å². The SMILES string of the molecule is c1ccc(-c2cc(-c3ccc(-c4ccc(-n5c6ccccc6c6ccccc65)c5ccccc45)cc3)cc(-c3ncc4ccccc4n3)c2)cc1. The van der Waals surface area contributed by atoms with Crippen LogP contribution in [0.1, 0.15) is 0 Å². The summed E-state index contributed by atoms with van der Waals surface area (Å²) in [6.07, 6.45) is 1.91. The van der Waals surface area contributed by atoms with Gasteiger partial charge in [-0.3, -0.25) is 0 Å². The van der Waals surface area contributed by atoms with Crippen LogP contribution in [0.15, 0.2) is 188 Å². The number of para-hydroxylation sites is 3. The Hall–Kier alpha value is -6.84. The van der Waals surface area contributed by atoms with Crippen LogP contribution < -0.4 is 0 Å². The molecule has 0 bridgehead atoms. The molecule has 0 aliphatic carbocycles. The molecule has 0 fully saturated rings. The molecule has 0 amide bonds. The van der Waals surface area contributed by atoms with Crippen molar-refractivity contribution < 1.29 is 0 Å². The fourth-order valence-corrected chi connectivity index (χ4v) is 7.59. The Kier molecular flexibility index (Phi) is 6.81. The van der Waals surface area contributed by atoms with Crippen molar-refractivity contribution in [1.29, 1.82) is 0 Å². The maximum absolute atomic E-state index is 4.94. The number of rotatable bonds is 5. The molecule has 0 atom stereocenters. The van der Waals surface area contributed by atoms with Crippen molar-refractivity contribution in [3.8, 4) is 50.5 Å². The molecule has 0 aliphatic rings. The average Bonchev–Trinajstić information content (AvgIpc) is 3.54. The van der Waals surface area contributed by atoms with Crippen molar-refractivity contribution >= 4 is 43.5 Å². The Morgan fingerprint density at radius 2 is 0.922 bits per heavy atom. The lowest BCUT2D eigenvalue weighted by Gasteiger charge is -2.15. The fraction of sp³-hybridized carbons (Fsp3) is 0. The van der Waals surface area contributed by atoms with E-state index in [1.165, 1.54) is 49.4 Å². The highest BCUT2D eigenvalue weighted by atomic mass is 15.0. The van der Waals surface area contributed by atoms with E-state index in [1.54, 1.807) is 0 Å². The van der Waals surface area contributed by atoms with Gasteiger partial charge in [0.1, 0.15) is 0 Å². The lowest BCUT2D eigenvalue weighted by Crippen LogP contribution is -1.96. The second kappa shape index (κ2) is 11.9. The summed E-state index contributed by atoms with van der Waals surface area (Å²) in [5, 5.41) is 6.02. The van der Waals surface area contributed by atoms with Gasteiger partial charge in [-0.05, 0) is 81.2 Å². The third-order valence-corrected chi connectivity index (χ3v) is 10.0. The summed E-state index contributed by atoms with van der Waals surface area (Å²) in [6.45, 7) is 0. The largest absolute Gasteiger partial charge is 0.309 e. The molecule has 2 heterocycles. The Labute approximate surface area is 295 Å². The first-order valence-electron chi connectivity index (χ1n) is 17.3. The highest BCUT2D eigenvalue weighted by molar-refractivity contribution is 6.11. The van der Waals surface area contributed by atoms with Crippen LogP contribution in [0, 0.1) is 0 Å². The predicted molar refractivity (Wildman–Crippen MR) is 213 cm³/mol. The fourth-order valence-electron chi connectivity index (χ4n) is 7.59. The smallest absolute Gasteiger partial charge is 0.159 e. The highest BCUT2D eigenvalue weighted by Gasteiger charge is 2.16. The Bertz CT molecular complexity index is 2850. The molecule has 0 saturated carbocycles. The van der Waals surface area contributed by atoms with E-state index in [9.17, 15) is 0 Å². The third kappa shape index (κ3) is 4.98. The molecule has 0 aliphatic heterocycles. The van der Waals surface area contributed by atoms with Gasteiger partial charge in [-0.2, -0.15) is 0 Å². The molecule has 238 valence electrons. The van der Waals surface area contributed by atoms with Crippen molar-refractivity contribution in [2.24, 2.45) is 0 Å². The van der Waals surface area contributed by atoms with Crippen LogP contribution in [0.5, 0.6) is 0 Å². The minimum Gasteiger partial charge on any atom is -0.309 e. The Balaban J connectivity index is 1.08. The summed E-state index contributed by atoms with van der Waals surface area (Å²) in [6, 6.07) is 65.0. The van der Waals surface area contributed by atoms with Crippen molar-refractivity contribution in [2.45, 2.75) is 0 Å². The van der Waals surface area contributed by atoms with E-state index in [0.717, 1.165) is 44.5 Å². The summed E-state index contributed by atoms with van der Waals surface area (Å²) in [5.74, 6) is 0.721. The standard InChI is InChI=1S/C48H31N3/c1-2-12-32(13-3-1)36-28-37(30-38(29-36)48-49-31-35-14-4-9-19-44(35)50-48)33-22-24-34(25-23-33)39-26-27-47(41-16-6-5-15-40(39)41)51-45-20-10-7-17-42(45)43-18-8-11-21-46(43)51/h1-31H. The quantitative estimate of drug-likeness (QED) is 0.186. The molecule has 10 aromatic rings. The molecule has 3 nitrogen and oxygen atoms in total. The normalized spacial score (nSPS) is 11.5. The number of hydrogen-bond acceptors (Lipinski definition) is 2. The van der Waals surface area contributed by atoms with Crippen LogP contribution in [0.4, 0.5) is 0 Å². The lowest BCUT2D eigenvalue weighted by molar-refractivity contribution is 1.20. The van der Waals surface area contributed by atoms with Gasteiger partial charge in [-0.15, -0.1) is 0 Å². The summed E-state index contributed by atoms with van der Waals surface area (Å²) >= 11 is 0. The van der Waals surface area contributed by atoms with Crippen molar-refractivity contribution in [2.75, 3.05) is 0 Å². The number of benzene rings is 8. The summed E-state index contributed by atoms with van der Waals surface area (Å²) in [4.78, 5) is 9.72. The molecule has 0 spiro atoms. The van der Waals surface area contributed by atoms with Crippen LogP contribution in [0.25, 0.3) is 93.9 Å². The first-order chi connectivity index (χ1) is 25.3. The molecule has 2 aromatic heterocycles. The second-order valence-electron chi connectivity index (χ2n) is 13.0. The number of nitrogens with zero attached hydrogens (tertiary/aromatic N) is 3. The molecule has 0 radical (unpaired) electrons. The molecule has 0 N–H and O–H groups in total. The van der Waals surface area contributed by atoms with E-state index in [-0.39, 0.29) is 0 Å². The Morgan fingerprint density at radius 1 is 0.373 bits per heavy atom. The van der Waals surface area contributed by atoms with Crippen LogP contribution in [-0.4, -0.2) is 14.5 Å². The summed E-state index contributed by atoms with van der Waals surface area (Å²) < 4.78 is 2.41.